The quantitative estimate of drug-likeness (QED) is 0.823. The second-order valence-corrected chi connectivity index (χ2v) is 6.46. The fourth-order valence-electron chi connectivity index (χ4n) is 3.95. The molecule has 2 fully saturated rings. The Morgan fingerprint density at radius 2 is 2.05 bits per heavy atom. The molecule has 2 rings (SSSR count). The number of ether oxygens (including phenoxy) is 1. The zero-order valence-electron chi connectivity index (χ0n) is 12.2. The molecule has 0 aromatic heterocycles. The summed E-state index contributed by atoms with van der Waals surface area (Å²) in [6.45, 7) is 3.70. The molecule has 0 radical (unpaired) electrons. The Morgan fingerprint density at radius 3 is 2.58 bits per heavy atom. The van der Waals surface area contributed by atoms with Crippen molar-refractivity contribution in [3.63, 3.8) is 0 Å². The molecule has 1 saturated carbocycles. The van der Waals surface area contributed by atoms with Gasteiger partial charge in [0.2, 0.25) is 0 Å². The predicted octanol–water partition coefficient (Wildman–Crippen LogP) is 3.86. The highest BCUT2D eigenvalue weighted by molar-refractivity contribution is 5.75. The highest BCUT2D eigenvalue weighted by atomic mass is 16.5. The van der Waals surface area contributed by atoms with E-state index in [0.717, 1.165) is 51.0 Å². The van der Waals surface area contributed by atoms with Gasteiger partial charge >= 0.3 is 5.97 Å². The first kappa shape index (κ1) is 14.8. The lowest BCUT2D eigenvalue weighted by Crippen LogP contribution is -2.45. The van der Waals surface area contributed by atoms with E-state index in [2.05, 4.69) is 6.92 Å². The topological polar surface area (TPSA) is 46.5 Å². The number of carboxylic acids is 1. The van der Waals surface area contributed by atoms with Gasteiger partial charge < -0.3 is 9.84 Å². The Kier molecular flexibility index (Phi) is 5.26. The van der Waals surface area contributed by atoms with E-state index >= 15 is 0 Å². The summed E-state index contributed by atoms with van der Waals surface area (Å²) >= 11 is 0. The van der Waals surface area contributed by atoms with Crippen molar-refractivity contribution in [3.05, 3.63) is 0 Å². The summed E-state index contributed by atoms with van der Waals surface area (Å²) in [5, 5.41) is 9.75. The molecule has 0 amide bonds. The van der Waals surface area contributed by atoms with Crippen molar-refractivity contribution in [2.45, 2.75) is 64.7 Å². The standard InChI is InChI=1S/C16H28O3/c1-2-3-5-13-7-9-16(10-8-13,15(17)18)14-6-4-11-19-12-14/h13-14H,2-12H2,1H3,(H,17,18). The summed E-state index contributed by atoms with van der Waals surface area (Å²) in [7, 11) is 0. The van der Waals surface area contributed by atoms with E-state index < -0.39 is 11.4 Å². The van der Waals surface area contributed by atoms with Gasteiger partial charge in [-0.2, -0.15) is 0 Å². The molecule has 1 unspecified atom stereocenters. The van der Waals surface area contributed by atoms with Crippen LogP contribution in [0.5, 0.6) is 0 Å². The molecule has 1 heterocycles. The van der Waals surface area contributed by atoms with E-state index in [1.807, 2.05) is 0 Å². The van der Waals surface area contributed by atoms with Gasteiger partial charge in [0.25, 0.3) is 0 Å². The largest absolute Gasteiger partial charge is 0.481 e. The molecular weight excluding hydrogens is 240 g/mol. The number of rotatable bonds is 5. The Balaban J connectivity index is 1.96. The third kappa shape index (κ3) is 3.31. The van der Waals surface area contributed by atoms with Gasteiger partial charge in [-0.3, -0.25) is 4.79 Å². The first-order valence-electron chi connectivity index (χ1n) is 8.00. The number of hydrogen-bond donors (Lipinski definition) is 1. The molecule has 1 saturated heterocycles. The van der Waals surface area contributed by atoms with Gasteiger partial charge in [-0.15, -0.1) is 0 Å². The highest BCUT2D eigenvalue weighted by Crippen LogP contribution is 2.48. The van der Waals surface area contributed by atoms with Crippen molar-refractivity contribution < 1.29 is 14.6 Å². The van der Waals surface area contributed by atoms with Crippen LogP contribution >= 0.6 is 0 Å². The van der Waals surface area contributed by atoms with Crippen LogP contribution in [-0.2, 0) is 9.53 Å². The molecule has 0 aromatic carbocycles. The minimum Gasteiger partial charge on any atom is -0.481 e. The summed E-state index contributed by atoms with van der Waals surface area (Å²) < 4.78 is 5.54. The molecule has 2 aliphatic rings. The fourth-order valence-corrected chi connectivity index (χ4v) is 3.95. The normalized spacial score (nSPS) is 36.1. The van der Waals surface area contributed by atoms with Crippen molar-refractivity contribution >= 4 is 5.97 Å². The molecular formula is C16H28O3. The highest BCUT2D eigenvalue weighted by Gasteiger charge is 2.48. The van der Waals surface area contributed by atoms with Crippen LogP contribution in [0.1, 0.15) is 64.7 Å². The Bertz CT molecular complexity index is 286. The Labute approximate surface area is 116 Å². The SMILES string of the molecule is CCCCC1CCC(C(=O)O)(C2CCCOC2)CC1. The zero-order chi connectivity index (χ0) is 13.7. The zero-order valence-corrected chi connectivity index (χ0v) is 12.2. The van der Waals surface area contributed by atoms with E-state index in [0.29, 0.717) is 6.61 Å². The van der Waals surface area contributed by atoms with Gasteiger partial charge in [0.1, 0.15) is 0 Å². The molecule has 1 aliphatic carbocycles. The van der Waals surface area contributed by atoms with Crippen LogP contribution in [0.25, 0.3) is 0 Å². The average Bonchev–Trinajstić information content (AvgIpc) is 2.46. The van der Waals surface area contributed by atoms with Crippen LogP contribution in [0.15, 0.2) is 0 Å². The lowest BCUT2D eigenvalue weighted by atomic mass is 9.62. The molecule has 0 bridgehead atoms. The molecule has 3 heteroatoms. The number of aliphatic carboxylic acids is 1. The molecule has 3 nitrogen and oxygen atoms in total. The summed E-state index contributed by atoms with van der Waals surface area (Å²) in [6, 6.07) is 0. The van der Waals surface area contributed by atoms with Crippen molar-refractivity contribution in [1.82, 2.24) is 0 Å². The van der Waals surface area contributed by atoms with Crippen LogP contribution in [0.2, 0.25) is 0 Å². The maximum atomic E-state index is 11.8. The van der Waals surface area contributed by atoms with Gasteiger partial charge in [-0.25, -0.2) is 0 Å². The third-order valence-electron chi connectivity index (χ3n) is 5.33. The number of unbranched alkanes of at least 4 members (excludes halogenated alkanes) is 1. The van der Waals surface area contributed by atoms with Crippen molar-refractivity contribution in [2.75, 3.05) is 13.2 Å². The summed E-state index contributed by atoms with van der Waals surface area (Å²) in [5.41, 5.74) is -0.483. The summed E-state index contributed by atoms with van der Waals surface area (Å²) in [4.78, 5) is 11.8. The molecule has 1 aliphatic heterocycles. The average molecular weight is 268 g/mol. The number of carbonyl (C=O) groups is 1. The molecule has 19 heavy (non-hydrogen) atoms. The molecule has 110 valence electrons. The first-order chi connectivity index (χ1) is 9.19. The summed E-state index contributed by atoms with van der Waals surface area (Å²) in [6.07, 6.45) is 9.81. The Hall–Kier alpha value is -0.570. The molecule has 0 aromatic rings. The lowest BCUT2D eigenvalue weighted by Gasteiger charge is -2.43. The Morgan fingerprint density at radius 1 is 1.32 bits per heavy atom. The van der Waals surface area contributed by atoms with Gasteiger partial charge in [-0.05, 0) is 50.4 Å². The lowest BCUT2D eigenvalue weighted by molar-refractivity contribution is -0.160. The van der Waals surface area contributed by atoms with Crippen LogP contribution in [0.3, 0.4) is 0 Å². The van der Waals surface area contributed by atoms with E-state index in [4.69, 9.17) is 4.74 Å². The van der Waals surface area contributed by atoms with Gasteiger partial charge in [0, 0.05) is 6.61 Å². The smallest absolute Gasteiger partial charge is 0.310 e. The second kappa shape index (κ2) is 6.74. The maximum Gasteiger partial charge on any atom is 0.310 e. The van der Waals surface area contributed by atoms with Crippen LogP contribution in [0.4, 0.5) is 0 Å². The number of carboxylic acid groups (broad SMARTS) is 1. The van der Waals surface area contributed by atoms with E-state index in [-0.39, 0.29) is 5.92 Å². The van der Waals surface area contributed by atoms with Gasteiger partial charge in [0.15, 0.2) is 0 Å². The van der Waals surface area contributed by atoms with Gasteiger partial charge in [-0.1, -0.05) is 26.2 Å². The monoisotopic (exact) mass is 268 g/mol. The second-order valence-electron chi connectivity index (χ2n) is 6.46. The van der Waals surface area contributed by atoms with E-state index in [9.17, 15) is 9.90 Å². The van der Waals surface area contributed by atoms with E-state index in [1.54, 1.807) is 0 Å². The van der Waals surface area contributed by atoms with Crippen molar-refractivity contribution in [2.24, 2.45) is 17.3 Å². The van der Waals surface area contributed by atoms with Crippen LogP contribution in [0, 0.1) is 17.3 Å². The minimum atomic E-state index is -0.572. The van der Waals surface area contributed by atoms with Gasteiger partial charge in [0.05, 0.1) is 12.0 Å². The minimum absolute atomic E-state index is 0.242. The number of hydrogen-bond acceptors (Lipinski definition) is 2. The van der Waals surface area contributed by atoms with Crippen molar-refractivity contribution in [1.29, 1.82) is 0 Å². The third-order valence-corrected chi connectivity index (χ3v) is 5.33. The molecule has 0 spiro atoms. The summed E-state index contributed by atoms with van der Waals surface area (Å²) in [5.74, 6) is 0.430. The fraction of sp³-hybridized carbons (Fsp3) is 0.938. The molecule has 1 N–H and O–H groups in total. The van der Waals surface area contributed by atoms with Crippen molar-refractivity contribution in [3.8, 4) is 0 Å². The van der Waals surface area contributed by atoms with Crippen LogP contribution < -0.4 is 0 Å². The van der Waals surface area contributed by atoms with E-state index in [1.165, 1.54) is 19.3 Å². The first-order valence-corrected chi connectivity index (χ1v) is 8.00. The predicted molar refractivity (Wildman–Crippen MR) is 75.1 cm³/mol. The molecule has 1 atom stereocenters. The maximum absolute atomic E-state index is 11.8. The van der Waals surface area contributed by atoms with Crippen LogP contribution in [-0.4, -0.2) is 24.3 Å².